The maximum atomic E-state index is 12.8. The second-order valence-corrected chi connectivity index (χ2v) is 8.37. The highest BCUT2D eigenvalue weighted by Gasteiger charge is 2.24. The number of hydrogen-bond acceptors (Lipinski definition) is 5. The fourth-order valence-electron chi connectivity index (χ4n) is 2.95. The third kappa shape index (κ3) is 4.15. The Hall–Kier alpha value is -1.96. The Labute approximate surface area is 174 Å². The molecule has 0 atom stereocenters. The minimum Gasteiger partial charge on any atom is -0.353 e. The first kappa shape index (κ1) is 18.4. The molecule has 27 heavy (non-hydrogen) atoms. The van der Waals surface area contributed by atoms with Gasteiger partial charge in [-0.25, -0.2) is 9.97 Å². The molecule has 4 rings (SSSR count). The Kier molecular flexibility index (Phi) is 5.43. The second-order valence-electron chi connectivity index (χ2n) is 6.16. The van der Waals surface area contributed by atoms with Gasteiger partial charge >= 0.3 is 0 Å². The minimum absolute atomic E-state index is 0.0186. The molecule has 0 unspecified atom stereocenters. The molecular weight excluding hydrogens is 448 g/mol. The third-order valence-corrected chi connectivity index (χ3v) is 6.03. The number of nitrogens with zero attached hydrogens (tertiary/aromatic N) is 4. The summed E-state index contributed by atoms with van der Waals surface area (Å²) in [5, 5.41) is 3.34. The summed E-state index contributed by atoms with van der Waals surface area (Å²) in [4.78, 5) is 25.8. The van der Waals surface area contributed by atoms with E-state index in [0.29, 0.717) is 23.8 Å². The smallest absolute Gasteiger partial charge is 0.273 e. The van der Waals surface area contributed by atoms with E-state index in [1.807, 2.05) is 46.7 Å². The summed E-state index contributed by atoms with van der Waals surface area (Å²) in [7, 11) is 0. The van der Waals surface area contributed by atoms with Gasteiger partial charge in [0.05, 0.1) is 0 Å². The van der Waals surface area contributed by atoms with E-state index in [-0.39, 0.29) is 5.91 Å². The van der Waals surface area contributed by atoms with E-state index in [4.69, 9.17) is 11.6 Å². The van der Waals surface area contributed by atoms with Crippen LogP contribution in [0.4, 0.5) is 5.82 Å². The molecule has 1 aliphatic heterocycles. The van der Waals surface area contributed by atoms with E-state index in [1.54, 1.807) is 6.20 Å². The molecule has 138 valence electrons. The molecule has 1 amide bonds. The standard InChI is InChI=1S/C19H16BrClN4OS/c20-14-3-6-17(22-11-14)24-7-9-25(10-8-24)19(26)16-12-27-18(23-16)13-1-4-15(21)5-2-13/h1-6,11-12H,7-10H2. The van der Waals surface area contributed by atoms with Crippen LogP contribution in [0.2, 0.25) is 5.02 Å². The van der Waals surface area contributed by atoms with Crippen molar-refractivity contribution in [1.29, 1.82) is 0 Å². The molecule has 1 aromatic carbocycles. The lowest BCUT2D eigenvalue weighted by Gasteiger charge is -2.35. The van der Waals surface area contributed by atoms with Crippen molar-refractivity contribution in [3.05, 3.63) is 63.2 Å². The van der Waals surface area contributed by atoms with E-state index in [9.17, 15) is 4.79 Å². The fourth-order valence-corrected chi connectivity index (χ4v) is 4.11. The summed E-state index contributed by atoms with van der Waals surface area (Å²) in [5.74, 6) is 0.916. The van der Waals surface area contributed by atoms with Crippen LogP contribution in [0.5, 0.6) is 0 Å². The van der Waals surface area contributed by atoms with Gasteiger partial charge in [0, 0.05) is 52.8 Å². The molecule has 0 N–H and O–H groups in total. The number of benzene rings is 1. The normalized spacial score (nSPS) is 14.4. The Morgan fingerprint density at radius 1 is 1.07 bits per heavy atom. The van der Waals surface area contributed by atoms with Gasteiger partial charge in [-0.1, -0.05) is 23.7 Å². The first-order valence-corrected chi connectivity index (χ1v) is 10.5. The van der Waals surface area contributed by atoms with E-state index in [1.165, 1.54) is 11.3 Å². The van der Waals surface area contributed by atoms with Crippen molar-refractivity contribution in [3.63, 3.8) is 0 Å². The fraction of sp³-hybridized carbons (Fsp3) is 0.211. The molecular formula is C19H16BrClN4OS. The van der Waals surface area contributed by atoms with Gasteiger partial charge in [-0.15, -0.1) is 11.3 Å². The monoisotopic (exact) mass is 462 g/mol. The molecule has 1 fully saturated rings. The van der Waals surface area contributed by atoms with Gasteiger partial charge in [0.25, 0.3) is 5.91 Å². The van der Waals surface area contributed by atoms with Crippen molar-refractivity contribution in [2.75, 3.05) is 31.1 Å². The molecule has 1 saturated heterocycles. The van der Waals surface area contributed by atoms with Crippen LogP contribution in [0.1, 0.15) is 10.5 Å². The Bertz CT molecular complexity index is 937. The van der Waals surface area contributed by atoms with Crippen LogP contribution in [0.15, 0.2) is 52.4 Å². The van der Waals surface area contributed by atoms with Gasteiger partial charge in [0.15, 0.2) is 0 Å². The summed E-state index contributed by atoms with van der Waals surface area (Å²) < 4.78 is 0.958. The van der Waals surface area contributed by atoms with Crippen molar-refractivity contribution in [1.82, 2.24) is 14.9 Å². The lowest BCUT2D eigenvalue weighted by atomic mass is 10.2. The van der Waals surface area contributed by atoms with Crippen LogP contribution in [0.3, 0.4) is 0 Å². The minimum atomic E-state index is -0.0186. The zero-order valence-corrected chi connectivity index (χ0v) is 17.5. The number of hydrogen-bond donors (Lipinski definition) is 0. The zero-order valence-electron chi connectivity index (χ0n) is 14.3. The number of rotatable bonds is 3. The average molecular weight is 464 g/mol. The predicted molar refractivity (Wildman–Crippen MR) is 113 cm³/mol. The van der Waals surface area contributed by atoms with Crippen molar-refractivity contribution in [2.24, 2.45) is 0 Å². The average Bonchev–Trinajstić information content (AvgIpc) is 3.19. The molecule has 5 nitrogen and oxygen atoms in total. The van der Waals surface area contributed by atoms with Gasteiger partial charge in [0.2, 0.25) is 0 Å². The van der Waals surface area contributed by atoms with Crippen LogP contribution >= 0.6 is 38.9 Å². The van der Waals surface area contributed by atoms with E-state index >= 15 is 0 Å². The molecule has 0 bridgehead atoms. The molecule has 0 aliphatic carbocycles. The lowest BCUT2D eigenvalue weighted by molar-refractivity contribution is 0.0741. The zero-order chi connectivity index (χ0) is 18.8. The maximum Gasteiger partial charge on any atom is 0.273 e. The number of halogens is 2. The van der Waals surface area contributed by atoms with Crippen molar-refractivity contribution in [2.45, 2.75) is 0 Å². The van der Waals surface area contributed by atoms with Crippen LogP contribution in [-0.4, -0.2) is 47.0 Å². The number of amides is 1. The Morgan fingerprint density at radius 3 is 2.48 bits per heavy atom. The first-order valence-electron chi connectivity index (χ1n) is 8.47. The van der Waals surface area contributed by atoms with Crippen molar-refractivity contribution >= 4 is 50.6 Å². The summed E-state index contributed by atoms with van der Waals surface area (Å²) in [6.07, 6.45) is 1.79. The molecule has 0 spiro atoms. The SMILES string of the molecule is O=C(c1csc(-c2ccc(Cl)cc2)n1)N1CCN(c2ccc(Br)cn2)CC1. The summed E-state index contributed by atoms with van der Waals surface area (Å²) in [6.45, 7) is 2.83. The van der Waals surface area contributed by atoms with Crippen LogP contribution in [-0.2, 0) is 0 Å². The second kappa shape index (κ2) is 7.96. The highest BCUT2D eigenvalue weighted by Crippen LogP contribution is 2.26. The lowest BCUT2D eigenvalue weighted by Crippen LogP contribution is -2.49. The Balaban J connectivity index is 1.41. The number of pyridine rings is 1. The van der Waals surface area contributed by atoms with E-state index in [2.05, 4.69) is 30.8 Å². The van der Waals surface area contributed by atoms with Gasteiger partial charge < -0.3 is 9.80 Å². The van der Waals surface area contributed by atoms with Crippen LogP contribution in [0, 0.1) is 0 Å². The number of piperazine rings is 1. The topological polar surface area (TPSA) is 49.3 Å². The quantitative estimate of drug-likeness (QED) is 0.570. The first-order chi connectivity index (χ1) is 13.1. The maximum absolute atomic E-state index is 12.8. The highest BCUT2D eigenvalue weighted by atomic mass is 79.9. The van der Waals surface area contributed by atoms with E-state index < -0.39 is 0 Å². The number of anilines is 1. The van der Waals surface area contributed by atoms with Crippen molar-refractivity contribution < 1.29 is 4.79 Å². The number of thiazole rings is 1. The third-order valence-electron chi connectivity index (χ3n) is 4.42. The highest BCUT2D eigenvalue weighted by molar-refractivity contribution is 9.10. The van der Waals surface area contributed by atoms with Crippen molar-refractivity contribution in [3.8, 4) is 10.6 Å². The molecule has 3 aromatic rings. The van der Waals surface area contributed by atoms with Gasteiger partial charge in [0.1, 0.15) is 16.5 Å². The summed E-state index contributed by atoms with van der Waals surface area (Å²) in [5.41, 5.74) is 1.47. The largest absolute Gasteiger partial charge is 0.353 e. The number of carbonyl (C=O) groups is 1. The molecule has 0 saturated carbocycles. The molecule has 3 heterocycles. The summed E-state index contributed by atoms with van der Waals surface area (Å²) in [6, 6.07) is 11.5. The van der Waals surface area contributed by atoms with Crippen LogP contribution < -0.4 is 4.90 Å². The van der Waals surface area contributed by atoms with Gasteiger partial charge in [-0.3, -0.25) is 4.79 Å². The van der Waals surface area contributed by atoms with Gasteiger partial charge in [-0.2, -0.15) is 0 Å². The molecule has 8 heteroatoms. The van der Waals surface area contributed by atoms with Gasteiger partial charge in [-0.05, 0) is 40.2 Å². The number of aromatic nitrogens is 2. The predicted octanol–water partition coefficient (Wildman–Crippen LogP) is 4.58. The Morgan fingerprint density at radius 2 is 1.81 bits per heavy atom. The van der Waals surface area contributed by atoms with Crippen LogP contribution in [0.25, 0.3) is 10.6 Å². The summed E-state index contributed by atoms with van der Waals surface area (Å²) >= 11 is 10.8. The molecule has 0 radical (unpaired) electrons. The molecule has 1 aliphatic rings. The number of carbonyl (C=O) groups excluding carboxylic acids is 1. The molecule has 2 aromatic heterocycles. The van der Waals surface area contributed by atoms with E-state index in [0.717, 1.165) is 34.0 Å².